The minimum atomic E-state index is -0.426. The van der Waals surface area contributed by atoms with E-state index in [9.17, 15) is 14.0 Å². The van der Waals surface area contributed by atoms with Crippen LogP contribution in [0.1, 0.15) is 13.8 Å². The molecule has 0 aliphatic rings. The molecule has 2 aromatic rings. The van der Waals surface area contributed by atoms with E-state index in [2.05, 4.69) is 20.8 Å². The fourth-order valence-electron chi connectivity index (χ4n) is 1.66. The lowest BCUT2D eigenvalue weighted by atomic mass is 10.3. The number of hydrogen-bond acceptors (Lipinski definition) is 7. The SMILES string of the molecule is CCSc1nnc(NC(=O)[C@@H](C)SCC(=O)Nc2ccc(F)cc2)s1. The summed E-state index contributed by atoms with van der Waals surface area (Å²) in [5, 5.41) is 13.2. The number of benzene rings is 1. The monoisotopic (exact) mass is 400 g/mol. The molecule has 10 heteroatoms. The zero-order valence-electron chi connectivity index (χ0n) is 13.6. The number of nitrogens with one attached hydrogen (secondary N) is 2. The summed E-state index contributed by atoms with van der Waals surface area (Å²) in [6, 6.07) is 5.50. The number of hydrogen-bond donors (Lipinski definition) is 2. The molecule has 2 N–H and O–H groups in total. The van der Waals surface area contributed by atoms with Crippen LogP contribution in [-0.4, -0.2) is 38.8 Å². The molecule has 0 bridgehead atoms. The second-order valence-electron chi connectivity index (χ2n) is 4.80. The second kappa shape index (κ2) is 9.73. The third kappa shape index (κ3) is 6.63. The smallest absolute Gasteiger partial charge is 0.239 e. The van der Waals surface area contributed by atoms with Crippen LogP contribution < -0.4 is 10.6 Å². The van der Waals surface area contributed by atoms with Gasteiger partial charge in [0.2, 0.25) is 16.9 Å². The Morgan fingerprint density at radius 3 is 2.64 bits per heavy atom. The predicted molar refractivity (Wildman–Crippen MR) is 102 cm³/mol. The maximum absolute atomic E-state index is 12.8. The molecule has 0 aliphatic heterocycles. The Morgan fingerprint density at radius 1 is 1.24 bits per heavy atom. The molecular weight excluding hydrogens is 383 g/mol. The number of carbonyl (C=O) groups is 2. The van der Waals surface area contributed by atoms with Crippen molar-refractivity contribution in [2.24, 2.45) is 0 Å². The highest BCUT2D eigenvalue weighted by molar-refractivity contribution is 8.01. The molecule has 25 heavy (non-hydrogen) atoms. The van der Waals surface area contributed by atoms with Gasteiger partial charge >= 0.3 is 0 Å². The van der Waals surface area contributed by atoms with Gasteiger partial charge in [-0.3, -0.25) is 14.9 Å². The highest BCUT2D eigenvalue weighted by Crippen LogP contribution is 2.25. The molecule has 0 spiro atoms. The van der Waals surface area contributed by atoms with Gasteiger partial charge in [0.05, 0.1) is 11.0 Å². The van der Waals surface area contributed by atoms with E-state index < -0.39 is 5.25 Å². The third-order valence-electron chi connectivity index (χ3n) is 2.87. The van der Waals surface area contributed by atoms with Gasteiger partial charge in [0.25, 0.3) is 0 Å². The van der Waals surface area contributed by atoms with Crippen molar-refractivity contribution in [1.82, 2.24) is 10.2 Å². The molecule has 1 aromatic carbocycles. The van der Waals surface area contributed by atoms with Gasteiger partial charge in [-0.2, -0.15) is 0 Å². The first kappa shape index (κ1) is 19.7. The molecule has 6 nitrogen and oxygen atoms in total. The summed E-state index contributed by atoms with van der Waals surface area (Å²) in [7, 11) is 0. The van der Waals surface area contributed by atoms with Gasteiger partial charge in [0.15, 0.2) is 4.34 Å². The Kier molecular flexibility index (Phi) is 7.66. The highest BCUT2D eigenvalue weighted by Gasteiger charge is 2.17. The first-order chi connectivity index (χ1) is 12.0. The molecule has 0 radical (unpaired) electrons. The second-order valence-corrected chi connectivity index (χ2v) is 8.62. The molecule has 134 valence electrons. The van der Waals surface area contributed by atoms with Crippen LogP contribution in [0.5, 0.6) is 0 Å². The number of carbonyl (C=O) groups excluding carboxylic acids is 2. The van der Waals surface area contributed by atoms with Gasteiger partial charge in [-0.05, 0) is 36.9 Å². The maximum atomic E-state index is 12.8. The summed E-state index contributed by atoms with van der Waals surface area (Å²) in [5.41, 5.74) is 0.513. The van der Waals surface area contributed by atoms with Crippen molar-refractivity contribution in [3.63, 3.8) is 0 Å². The van der Waals surface area contributed by atoms with E-state index in [0.717, 1.165) is 10.1 Å². The van der Waals surface area contributed by atoms with Gasteiger partial charge in [0.1, 0.15) is 5.82 Å². The zero-order valence-corrected chi connectivity index (χ0v) is 16.1. The predicted octanol–water partition coefficient (Wildman–Crippen LogP) is 3.49. The normalized spacial score (nSPS) is 11.8. The van der Waals surface area contributed by atoms with Gasteiger partial charge in [-0.1, -0.05) is 30.0 Å². The minimum absolute atomic E-state index is 0.110. The summed E-state index contributed by atoms with van der Waals surface area (Å²) in [4.78, 5) is 24.0. The molecule has 0 unspecified atom stereocenters. The first-order valence-electron chi connectivity index (χ1n) is 7.42. The van der Waals surface area contributed by atoms with Crippen molar-refractivity contribution in [2.45, 2.75) is 23.4 Å². The molecule has 1 heterocycles. The summed E-state index contributed by atoms with van der Waals surface area (Å²) < 4.78 is 13.6. The van der Waals surface area contributed by atoms with Gasteiger partial charge in [0, 0.05) is 5.69 Å². The molecular formula is C15H17FN4O2S3. The van der Waals surface area contributed by atoms with Crippen LogP contribution in [0.4, 0.5) is 15.2 Å². The summed E-state index contributed by atoms with van der Waals surface area (Å²) in [6.07, 6.45) is 0. The molecule has 0 aliphatic carbocycles. The van der Waals surface area contributed by atoms with Crippen molar-refractivity contribution >= 4 is 57.5 Å². The van der Waals surface area contributed by atoms with Gasteiger partial charge < -0.3 is 5.32 Å². The van der Waals surface area contributed by atoms with Crippen LogP contribution in [0.15, 0.2) is 28.6 Å². The average molecular weight is 401 g/mol. The Balaban J connectivity index is 1.76. The Hall–Kier alpha value is -1.65. The summed E-state index contributed by atoms with van der Waals surface area (Å²) in [5.74, 6) is 0.143. The quantitative estimate of drug-likeness (QED) is 0.521. The van der Waals surface area contributed by atoms with Gasteiger partial charge in [-0.25, -0.2) is 4.39 Å². The fourth-order valence-corrected chi connectivity index (χ4v) is 3.99. The molecule has 2 amide bonds. The van der Waals surface area contributed by atoms with Crippen molar-refractivity contribution in [3.8, 4) is 0 Å². The van der Waals surface area contributed by atoms with E-state index in [-0.39, 0.29) is 23.4 Å². The van der Waals surface area contributed by atoms with Crippen molar-refractivity contribution < 1.29 is 14.0 Å². The minimum Gasteiger partial charge on any atom is -0.325 e. The van der Waals surface area contributed by atoms with E-state index in [1.165, 1.54) is 47.4 Å². The lowest BCUT2D eigenvalue weighted by Gasteiger charge is -2.10. The van der Waals surface area contributed by atoms with Crippen LogP contribution >= 0.6 is 34.9 Å². The standard InChI is InChI=1S/C15H17FN4O2S3/c1-3-23-15-20-19-14(25-15)18-13(22)9(2)24-8-12(21)17-11-6-4-10(16)5-7-11/h4-7,9H,3,8H2,1-2H3,(H,17,21)(H,18,19,22)/t9-/m1/s1. The zero-order chi connectivity index (χ0) is 18.2. The number of anilines is 2. The van der Waals surface area contributed by atoms with Crippen LogP contribution in [0.3, 0.4) is 0 Å². The highest BCUT2D eigenvalue weighted by atomic mass is 32.2. The van der Waals surface area contributed by atoms with E-state index in [1.807, 2.05) is 6.92 Å². The largest absolute Gasteiger partial charge is 0.325 e. The average Bonchev–Trinajstić information content (AvgIpc) is 3.02. The van der Waals surface area contributed by atoms with Crippen molar-refractivity contribution in [1.29, 1.82) is 0 Å². The van der Waals surface area contributed by atoms with Crippen LogP contribution in [0.2, 0.25) is 0 Å². The number of nitrogens with zero attached hydrogens (tertiary/aromatic N) is 2. The molecule has 0 saturated carbocycles. The fraction of sp³-hybridized carbons (Fsp3) is 0.333. The lowest BCUT2D eigenvalue weighted by molar-refractivity contribution is -0.115. The molecule has 2 rings (SSSR count). The Bertz CT molecular complexity index is 724. The maximum Gasteiger partial charge on any atom is 0.239 e. The third-order valence-corrected chi connectivity index (χ3v) is 5.86. The van der Waals surface area contributed by atoms with E-state index in [1.54, 1.807) is 18.7 Å². The Morgan fingerprint density at radius 2 is 1.96 bits per heavy atom. The van der Waals surface area contributed by atoms with Crippen LogP contribution in [0.25, 0.3) is 0 Å². The Labute approximate surface area is 157 Å². The van der Waals surface area contributed by atoms with Crippen molar-refractivity contribution in [3.05, 3.63) is 30.1 Å². The van der Waals surface area contributed by atoms with Gasteiger partial charge in [-0.15, -0.1) is 22.0 Å². The number of aromatic nitrogens is 2. The van der Waals surface area contributed by atoms with E-state index in [4.69, 9.17) is 0 Å². The lowest BCUT2D eigenvalue weighted by Crippen LogP contribution is -2.25. The number of thioether (sulfide) groups is 2. The summed E-state index contributed by atoms with van der Waals surface area (Å²) in [6.45, 7) is 3.73. The van der Waals surface area contributed by atoms with E-state index in [0.29, 0.717) is 10.8 Å². The number of halogens is 1. The number of amides is 2. The first-order valence-corrected chi connectivity index (χ1v) is 10.3. The number of rotatable bonds is 8. The van der Waals surface area contributed by atoms with Crippen LogP contribution in [0, 0.1) is 5.82 Å². The summed E-state index contributed by atoms with van der Waals surface area (Å²) >= 11 is 4.08. The topological polar surface area (TPSA) is 84.0 Å². The van der Waals surface area contributed by atoms with Crippen LogP contribution in [-0.2, 0) is 9.59 Å². The van der Waals surface area contributed by atoms with E-state index >= 15 is 0 Å². The van der Waals surface area contributed by atoms with Crippen molar-refractivity contribution in [2.75, 3.05) is 22.1 Å². The molecule has 1 atom stereocenters. The molecule has 1 aromatic heterocycles. The molecule has 0 fully saturated rings. The molecule has 0 saturated heterocycles.